The van der Waals surface area contributed by atoms with E-state index in [0.717, 1.165) is 27.5 Å². The standard InChI is InChI=1S/C25H17ClN2/c26-20-10-12-22(13-11-20)28(21-7-2-1-3-8-21)25-23-9-5-4-6-18(23)16-19-14-15-27-17-24(19)25/h1-17H. The molecule has 0 bridgehead atoms. The van der Waals surface area contributed by atoms with Crippen molar-refractivity contribution in [3.05, 3.63) is 108 Å². The van der Waals surface area contributed by atoms with E-state index in [4.69, 9.17) is 11.6 Å². The van der Waals surface area contributed by atoms with Gasteiger partial charge in [-0.15, -0.1) is 0 Å². The highest BCUT2D eigenvalue weighted by molar-refractivity contribution is 6.30. The fourth-order valence-electron chi connectivity index (χ4n) is 3.70. The minimum atomic E-state index is 0.723. The molecular weight excluding hydrogens is 364 g/mol. The topological polar surface area (TPSA) is 16.1 Å². The Labute approximate surface area is 168 Å². The first kappa shape index (κ1) is 16.8. The maximum atomic E-state index is 6.17. The number of nitrogens with zero attached hydrogens (tertiary/aromatic N) is 2. The highest BCUT2D eigenvalue weighted by Crippen LogP contribution is 2.43. The molecule has 134 valence electrons. The van der Waals surface area contributed by atoms with Gasteiger partial charge in [-0.1, -0.05) is 54.1 Å². The summed E-state index contributed by atoms with van der Waals surface area (Å²) in [4.78, 5) is 6.70. The Hall–Kier alpha value is -3.36. The van der Waals surface area contributed by atoms with Gasteiger partial charge in [0.1, 0.15) is 0 Å². The predicted octanol–water partition coefficient (Wildman–Crippen LogP) is 7.51. The van der Waals surface area contributed by atoms with Crippen LogP contribution in [0.2, 0.25) is 5.02 Å². The monoisotopic (exact) mass is 380 g/mol. The molecule has 0 saturated carbocycles. The van der Waals surface area contributed by atoms with E-state index in [9.17, 15) is 0 Å². The molecule has 5 aromatic rings. The van der Waals surface area contributed by atoms with Crippen molar-refractivity contribution in [1.82, 2.24) is 4.98 Å². The van der Waals surface area contributed by atoms with Gasteiger partial charge in [-0.25, -0.2) is 0 Å². The number of benzene rings is 4. The van der Waals surface area contributed by atoms with E-state index >= 15 is 0 Å². The molecule has 1 heterocycles. The number of para-hydroxylation sites is 1. The van der Waals surface area contributed by atoms with Gasteiger partial charge in [-0.3, -0.25) is 4.98 Å². The van der Waals surface area contributed by atoms with E-state index in [1.54, 1.807) is 0 Å². The molecule has 0 aliphatic rings. The number of rotatable bonds is 3. The average Bonchev–Trinajstić information content (AvgIpc) is 2.75. The summed E-state index contributed by atoms with van der Waals surface area (Å²) in [5.74, 6) is 0. The lowest BCUT2D eigenvalue weighted by Crippen LogP contribution is -2.11. The molecule has 0 aliphatic carbocycles. The second-order valence-corrected chi connectivity index (χ2v) is 7.13. The van der Waals surface area contributed by atoms with Crippen molar-refractivity contribution in [2.75, 3.05) is 4.90 Å². The van der Waals surface area contributed by atoms with Crippen LogP contribution in [-0.4, -0.2) is 4.98 Å². The Kier molecular flexibility index (Phi) is 4.19. The van der Waals surface area contributed by atoms with E-state index in [2.05, 4.69) is 82.7 Å². The Balaban J connectivity index is 1.91. The van der Waals surface area contributed by atoms with Gasteiger partial charge in [0.15, 0.2) is 0 Å². The van der Waals surface area contributed by atoms with Crippen LogP contribution in [0.25, 0.3) is 21.5 Å². The first-order valence-corrected chi connectivity index (χ1v) is 9.55. The lowest BCUT2D eigenvalue weighted by atomic mass is 10.0. The minimum absolute atomic E-state index is 0.723. The molecular formula is C25H17ClN2. The molecule has 0 radical (unpaired) electrons. The number of anilines is 3. The average molecular weight is 381 g/mol. The smallest absolute Gasteiger partial charge is 0.0633 e. The fourth-order valence-corrected chi connectivity index (χ4v) is 3.82. The molecule has 0 spiro atoms. The molecule has 0 amide bonds. The summed E-state index contributed by atoms with van der Waals surface area (Å²) in [6, 6.07) is 31.1. The molecule has 5 rings (SSSR count). The molecule has 3 heteroatoms. The minimum Gasteiger partial charge on any atom is -0.309 e. The van der Waals surface area contributed by atoms with Gasteiger partial charge in [0.2, 0.25) is 0 Å². The van der Waals surface area contributed by atoms with Gasteiger partial charge in [0.25, 0.3) is 0 Å². The van der Waals surface area contributed by atoms with Crippen molar-refractivity contribution < 1.29 is 0 Å². The van der Waals surface area contributed by atoms with Crippen LogP contribution in [0.3, 0.4) is 0 Å². The largest absolute Gasteiger partial charge is 0.309 e. The Bertz CT molecular complexity index is 1210. The number of fused-ring (bicyclic) bond motifs is 2. The summed E-state index contributed by atoms with van der Waals surface area (Å²) in [6.07, 6.45) is 3.79. The number of aromatic nitrogens is 1. The van der Waals surface area contributed by atoms with E-state index < -0.39 is 0 Å². The highest BCUT2D eigenvalue weighted by atomic mass is 35.5. The molecule has 0 N–H and O–H groups in total. The second kappa shape index (κ2) is 6.99. The van der Waals surface area contributed by atoms with Gasteiger partial charge < -0.3 is 4.90 Å². The number of halogens is 1. The van der Waals surface area contributed by atoms with E-state index in [-0.39, 0.29) is 0 Å². The molecule has 0 saturated heterocycles. The summed E-state index contributed by atoms with van der Waals surface area (Å²) >= 11 is 6.17. The molecule has 4 aromatic carbocycles. The highest BCUT2D eigenvalue weighted by Gasteiger charge is 2.18. The number of hydrogen-bond donors (Lipinski definition) is 0. The van der Waals surface area contributed by atoms with Gasteiger partial charge in [0, 0.05) is 39.6 Å². The van der Waals surface area contributed by atoms with Crippen molar-refractivity contribution in [2.24, 2.45) is 0 Å². The van der Waals surface area contributed by atoms with Gasteiger partial charge in [-0.2, -0.15) is 0 Å². The maximum Gasteiger partial charge on any atom is 0.0633 e. The quantitative estimate of drug-likeness (QED) is 0.301. The molecule has 28 heavy (non-hydrogen) atoms. The third kappa shape index (κ3) is 2.88. The summed E-state index contributed by atoms with van der Waals surface area (Å²) in [5.41, 5.74) is 3.26. The van der Waals surface area contributed by atoms with Crippen molar-refractivity contribution in [3.63, 3.8) is 0 Å². The van der Waals surface area contributed by atoms with Crippen LogP contribution in [0.15, 0.2) is 103 Å². The van der Waals surface area contributed by atoms with Crippen LogP contribution in [0.4, 0.5) is 17.1 Å². The summed E-state index contributed by atoms with van der Waals surface area (Å²) < 4.78 is 0. The third-order valence-electron chi connectivity index (χ3n) is 4.96. The van der Waals surface area contributed by atoms with E-state index in [1.165, 1.54) is 16.2 Å². The van der Waals surface area contributed by atoms with Crippen molar-refractivity contribution in [2.45, 2.75) is 0 Å². The lowest BCUT2D eigenvalue weighted by Gasteiger charge is -2.28. The van der Waals surface area contributed by atoms with Crippen LogP contribution < -0.4 is 4.90 Å². The van der Waals surface area contributed by atoms with Crippen molar-refractivity contribution >= 4 is 50.2 Å². The summed E-state index contributed by atoms with van der Waals surface area (Å²) in [6.45, 7) is 0. The first-order chi connectivity index (χ1) is 13.8. The molecule has 0 aliphatic heterocycles. The van der Waals surface area contributed by atoms with Crippen LogP contribution in [0, 0.1) is 0 Å². The normalized spacial score (nSPS) is 11.0. The predicted molar refractivity (Wildman–Crippen MR) is 119 cm³/mol. The summed E-state index contributed by atoms with van der Waals surface area (Å²) in [7, 11) is 0. The van der Waals surface area contributed by atoms with Crippen LogP contribution in [0.1, 0.15) is 0 Å². The van der Waals surface area contributed by atoms with Crippen LogP contribution >= 0.6 is 11.6 Å². The van der Waals surface area contributed by atoms with Crippen LogP contribution in [0.5, 0.6) is 0 Å². The van der Waals surface area contributed by atoms with E-state index in [1.807, 2.05) is 30.6 Å². The molecule has 0 fully saturated rings. The van der Waals surface area contributed by atoms with Gasteiger partial charge in [-0.05, 0) is 59.3 Å². The SMILES string of the molecule is Clc1ccc(N(c2ccccc2)c2c3ccccc3cc3ccncc23)cc1. The van der Waals surface area contributed by atoms with Gasteiger partial charge in [0.05, 0.1) is 5.69 Å². The lowest BCUT2D eigenvalue weighted by molar-refractivity contribution is 1.30. The summed E-state index contributed by atoms with van der Waals surface area (Å²) in [5, 5.41) is 5.38. The molecule has 0 unspecified atom stereocenters. The van der Waals surface area contributed by atoms with Crippen LogP contribution in [-0.2, 0) is 0 Å². The van der Waals surface area contributed by atoms with Crippen molar-refractivity contribution in [3.8, 4) is 0 Å². The van der Waals surface area contributed by atoms with Gasteiger partial charge >= 0.3 is 0 Å². The molecule has 0 atom stereocenters. The Morgan fingerprint density at radius 3 is 2.14 bits per heavy atom. The molecule has 2 nitrogen and oxygen atoms in total. The van der Waals surface area contributed by atoms with Crippen molar-refractivity contribution in [1.29, 1.82) is 0 Å². The zero-order valence-corrected chi connectivity index (χ0v) is 15.8. The Morgan fingerprint density at radius 1 is 0.643 bits per heavy atom. The zero-order chi connectivity index (χ0) is 18.9. The third-order valence-corrected chi connectivity index (χ3v) is 5.21. The number of hydrogen-bond acceptors (Lipinski definition) is 2. The zero-order valence-electron chi connectivity index (χ0n) is 15.1. The number of pyridine rings is 1. The first-order valence-electron chi connectivity index (χ1n) is 9.17. The molecule has 1 aromatic heterocycles. The maximum absolute atomic E-state index is 6.17. The van der Waals surface area contributed by atoms with E-state index in [0.29, 0.717) is 0 Å². The fraction of sp³-hybridized carbons (Fsp3) is 0. The second-order valence-electron chi connectivity index (χ2n) is 6.69. The Morgan fingerprint density at radius 2 is 1.32 bits per heavy atom.